The highest BCUT2D eigenvalue weighted by atomic mass is 16.5. The van der Waals surface area contributed by atoms with Gasteiger partial charge in [0.1, 0.15) is 5.82 Å². The number of hydrogen-bond acceptors (Lipinski definition) is 5. The van der Waals surface area contributed by atoms with Crippen LogP contribution in [-0.2, 0) is 4.74 Å². The number of hydrogen-bond donors (Lipinski definition) is 2. The van der Waals surface area contributed by atoms with Crippen molar-refractivity contribution in [2.45, 2.75) is 38.3 Å². The second kappa shape index (κ2) is 5.77. The molecule has 0 aromatic carbocycles. The Morgan fingerprint density at radius 3 is 3.00 bits per heavy atom. The zero-order chi connectivity index (χ0) is 13.0. The van der Waals surface area contributed by atoms with Crippen LogP contribution in [0.3, 0.4) is 0 Å². The van der Waals surface area contributed by atoms with Crippen molar-refractivity contribution in [1.29, 1.82) is 0 Å². The highest BCUT2D eigenvalue weighted by Crippen LogP contribution is 2.19. The van der Waals surface area contributed by atoms with E-state index in [2.05, 4.69) is 22.2 Å². The normalized spacial score (nSPS) is 23.6. The molecule has 2 atom stereocenters. The van der Waals surface area contributed by atoms with Gasteiger partial charge in [0.25, 0.3) is 0 Å². The van der Waals surface area contributed by atoms with Gasteiger partial charge < -0.3 is 15.2 Å². The van der Waals surface area contributed by atoms with E-state index in [-0.39, 0.29) is 5.69 Å². The van der Waals surface area contributed by atoms with Gasteiger partial charge in [0, 0.05) is 12.6 Å². The number of ether oxygens (including phenoxy) is 1. The Bertz CT molecular complexity index is 408. The van der Waals surface area contributed by atoms with Crippen LogP contribution >= 0.6 is 0 Å². The van der Waals surface area contributed by atoms with Crippen LogP contribution in [0.2, 0.25) is 0 Å². The van der Waals surface area contributed by atoms with Gasteiger partial charge in [0.05, 0.1) is 18.5 Å². The third-order valence-corrected chi connectivity index (χ3v) is 3.05. The van der Waals surface area contributed by atoms with E-state index in [1.165, 1.54) is 12.4 Å². The molecule has 2 N–H and O–H groups in total. The highest BCUT2D eigenvalue weighted by Gasteiger charge is 2.21. The van der Waals surface area contributed by atoms with Gasteiger partial charge in [-0.15, -0.1) is 0 Å². The molecular weight excluding hydrogens is 234 g/mol. The summed E-state index contributed by atoms with van der Waals surface area (Å²) in [5.74, 6) is -0.451. The van der Waals surface area contributed by atoms with Crippen molar-refractivity contribution >= 4 is 11.8 Å². The minimum Gasteiger partial charge on any atom is -0.476 e. The number of carbonyl (C=O) groups is 1. The second-order valence-corrected chi connectivity index (χ2v) is 4.36. The Morgan fingerprint density at radius 2 is 2.39 bits per heavy atom. The van der Waals surface area contributed by atoms with E-state index in [0.717, 1.165) is 25.9 Å². The maximum absolute atomic E-state index is 10.6. The van der Waals surface area contributed by atoms with Crippen LogP contribution in [0.15, 0.2) is 12.4 Å². The largest absolute Gasteiger partial charge is 0.476 e. The number of carboxylic acids is 1. The quantitative estimate of drug-likeness (QED) is 0.844. The number of nitrogens with one attached hydrogen (secondary N) is 1. The topological polar surface area (TPSA) is 84.3 Å². The van der Waals surface area contributed by atoms with Crippen LogP contribution in [0.5, 0.6) is 0 Å². The van der Waals surface area contributed by atoms with E-state index in [0.29, 0.717) is 18.0 Å². The van der Waals surface area contributed by atoms with Gasteiger partial charge in [0.15, 0.2) is 5.69 Å². The fraction of sp³-hybridized carbons (Fsp3) is 0.583. The Labute approximate surface area is 105 Å². The van der Waals surface area contributed by atoms with Gasteiger partial charge in [-0.25, -0.2) is 14.8 Å². The van der Waals surface area contributed by atoms with Crippen molar-refractivity contribution in [3.05, 3.63) is 18.1 Å². The van der Waals surface area contributed by atoms with Crippen LogP contribution in [0.25, 0.3) is 0 Å². The number of rotatable bonds is 4. The summed E-state index contributed by atoms with van der Waals surface area (Å²) in [4.78, 5) is 18.5. The fourth-order valence-electron chi connectivity index (χ4n) is 2.02. The molecule has 0 spiro atoms. The van der Waals surface area contributed by atoms with Crippen molar-refractivity contribution in [3.8, 4) is 0 Å². The molecule has 1 saturated heterocycles. The van der Waals surface area contributed by atoms with Crippen LogP contribution in [0.4, 0.5) is 5.82 Å². The van der Waals surface area contributed by atoms with Gasteiger partial charge in [-0.3, -0.25) is 0 Å². The van der Waals surface area contributed by atoms with Gasteiger partial charge in [-0.2, -0.15) is 0 Å². The monoisotopic (exact) mass is 251 g/mol. The summed E-state index contributed by atoms with van der Waals surface area (Å²) in [6.45, 7) is 2.85. The molecule has 2 heterocycles. The molecule has 1 aliphatic heterocycles. The maximum Gasteiger partial charge on any atom is 0.356 e. The Morgan fingerprint density at radius 1 is 1.56 bits per heavy atom. The van der Waals surface area contributed by atoms with Crippen molar-refractivity contribution in [2.24, 2.45) is 0 Å². The minimum absolute atomic E-state index is 0.0426. The van der Waals surface area contributed by atoms with Gasteiger partial charge in [-0.05, 0) is 19.3 Å². The predicted octanol–water partition coefficient (Wildman–Crippen LogP) is 1.54. The lowest BCUT2D eigenvalue weighted by atomic mass is 10.0. The number of nitrogens with zero attached hydrogens (tertiary/aromatic N) is 2. The molecule has 18 heavy (non-hydrogen) atoms. The molecule has 98 valence electrons. The van der Waals surface area contributed by atoms with Gasteiger partial charge >= 0.3 is 5.97 Å². The number of anilines is 1. The molecule has 0 radical (unpaired) electrons. The standard InChI is InChI=1S/C12H17N3O3/c1-2-9-5-8(3-4-18-9)15-11-7-13-10(6-14-11)12(16)17/h6-9H,2-5H2,1H3,(H,14,15)(H,16,17). The molecule has 2 rings (SSSR count). The zero-order valence-corrected chi connectivity index (χ0v) is 10.3. The molecule has 1 aromatic heterocycles. The molecule has 1 fully saturated rings. The van der Waals surface area contributed by atoms with E-state index >= 15 is 0 Å². The molecule has 1 aromatic rings. The average Bonchev–Trinajstić information content (AvgIpc) is 2.39. The van der Waals surface area contributed by atoms with Crippen molar-refractivity contribution in [2.75, 3.05) is 11.9 Å². The molecule has 0 saturated carbocycles. The summed E-state index contributed by atoms with van der Waals surface area (Å²) < 4.78 is 5.59. The first-order valence-corrected chi connectivity index (χ1v) is 6.12. The van der Waals surface area contributed by atoms with Crippen molar-refractivity contribution in [1.82, 2.24) is 9.97 Å². The van der Waals surface area contributed by atoms with E-state index < -0.39 is 5.97 Å². The summed E-state index contributed by atoms with van der Waals surface area (Å²) >= 11 is 0. The predicted molar refractivity (Wildman–Crippen MR) is 65.7 cm³/mol. The van der Waals surface area contributed by atoms with E-state index in [9.17, 15) is 4.79 Å². The number of aromatic nitrogens is 2. The van der Waals surface area contributed by atoms with E-state index in [1.54, 1.807) is 0 Å². The molecular formula is C12H17N3O3. The highest BCUT2D eigenvalue weighted by molar-refractivity contribution is 5.84. The van der Waals surface area contributed by atoms with Gasteiger partial charge in [0.2, 0.25) is 0 Å². The third kappa shape index (κ3) is 3.16. The third-order valence-electron chi connectivity index (χ3n) is 3.05. The van der Waals surface area contributed by atoms with Crippen LogP contribution in [-0.4, -0.2) is 39.8 Å². The molecule has 0 aliphatic carbocycles. The Kier molecular flexibility index (Phi) is 4.09. The summed E-state index contributed by atoms with van der Waals surface area (Å²) in [5, 5.41) is 12.0. The van der Waals surface area contributed by atoms with Crippen LogP contribution in [0, 0.1) is 0 Å². The smallest absolute Gasteiger partial charge is 0.356 e. The molecule has 6 heteroatoms. The first kappa shape index (κ1) is 12.8. The SMILES string of the molecule is CCC1CC(Nc2cnc(C(=O)O)cn2)CCO1. The molecule has 1 aliphatic rings. The summed E-state index contributed by atoms with van der Waals surface area (Å²) in [7, 11) is 0. The van der Waals surface area contributed by atoms with Gasteiger partial charge in [-0.1, -0.05) is 6.92 Å². The zero-order valence-electron chi connectivity index (χ0n) is 10.3. The number of aromatic carboxylic acids is 1. The number of carboxylic acid groups (broad SMARTS) is 1. The summed E-state index contributed by atoms with van der Waals surface area (Å²) in [6, 6.07) is 0.314. The maximum atomic E-state index is 10.6. The Balaban J connectivity index is 1.94. The van der Waals surface area contributed by atoms with Crippen LogP contribution < -0.4 is 5.32 Å². The second-order valence-electron chi connectivity index (χ2n) is 4.36. The van der Waals surface area contributed by atoms with Crippen molar-refractivity contribution in [3.63, 3.8) is 0 Å². The summed E-state index contributed by atoms with van der Waals surface area (Å²) in [6.07, 6.45) is 5.89. The van der Waals surface area contributed by atoms with E-state index in [4.69, 9.17) is 9.84 Å². The fourth-order valence-corrected chi connectivity index (χ4v) is 2.02. The lowest BCUT2D eigenvalue weighted by Gasteiger charge is -2.29. The molecule has 6 nitrogen and oxygen atoms in total. The first-order valence-electron chi connectivity index (χ1n) is 6.12. The summed E-state index contributed by atoms with van der Waals surface area (Å²) in [5.41, 5.74) is -0.0426. The Hall–Kier alpha value is -1.69. The molecule has 0 bridgehead atoms. The lowest BCUT2D eigenvalue weighted by Crippen LogP contribution is -2.34. The molecule has 2 unspecified atom stereocenters. The lowest BCUT2D eigenvalue weighted by molar-refractivity contribution is 0.00920. The average molecular weight is 251 g/mol. The molecule has 0 amide bonds. The minimum atomic E-state index is -1.06. The first-order chi connectivity index (χ1) is 8.69. The van der Waals surface area contributed by atoms with Crippen molar-refractivity contribution < 1.29 is 14.6 Å². The van der Waals surface area contributed by atoms with Crippen LogP contribution in [0.1, 0.15) is 36.7 Å². The van der Waals surface area contributed by atoms with E-state index in [1.807, 2.05) is 0 Å².